The molecule has 1 aliphatic heterocycles. The number of nitrogens with zero attached hydrogens (tertiary/aromatic N) is 3. The molecule has 0 bridgehead atoms. The van der Waals surface area contributed by atoms with E-state index in [0.29, 0.717) is 31.2 Å². The van der Waals surface area contributed by atoms with Gasteiger partial charge in [0.15, 0.2) is 0 Å². The average Bonchev–Trinajstić information content (AvgIpc) is 3.49. The fraction of sp³-hybridized carbons (Fsp3) is 0.421. The Labute approximate surface area is 166 Å². The summed E-state index contributed by atoms with van der Waals surface area (Å²) in [7, 11) is 0. The van der Waals surface area contributed by atoms with E-state index in [4.69, 9.17) is 4.42 Å². The van der Waals surface area contributed by atoms with Gasteiger partial charge in [0.1, 0.15) is 0 Å². The smallest absolute Gasteiger partial charge is 0.248 e. The number of hydrogen-bond donors (Lipinski definition) is 1. The molecule has 4 rings (SSSR count). The van der Waals surface area contributed by atoms with Gasteiger partial charge in [-0.25, -0.2) is 0 Å². The second-order valence-electron chi connectivity index (χ2n) is 6.59. The molecule has 1 unspecified atom stereocenters. The maximum atomic E-state index is 12.3. The van der Waals surface area contributed by atoms with Gasteiger partial charge < -0.3 is 9.73 Å². The topological polar surface area (TPSA) is 71.3 Å². The summed E-state index contributed by atoms with van der Waals surface area (Å²) < 4.78 is 5.64. The Hall–Kier alpha value is -2.03. The number of rotatable bonds is 8. The third-order valence-corrected chi connectivity index (χ3v) is 6.40. The molecule has 1 amide bonds. The van der Waals surface area contributed by atoms with Crippen molar-refractivity contribution < 1.29 is 9.21 Å². The van der Waals surface area contributed by atoms with Crippen LogP contribution in [0.1, 0.15) is 36.1 Å². The zero-order valence-corrected chi connectivity index (χ0v) is 16.6. The van der Waals surface area contributed by atoms with Gasteiger partial charge in [-0.05, 0) is 48.8 Å². The van der Waals surface area contributed by atoms with Gasteiger partial charge >= 0.3 is 0 Å². The molecular formula is C19H22N4O2S2. The predicted octanol–water partition coefficient (Wildman–Crippen LogP) is 3.75. The highest BCUT2D eigenvalue weighted by Crippen LogP contribution is 2.28. The minimum atomic E-state index is 0.0195. The summed E-state index contributed by atoms with van der Waals surface area (Å²) >= 11 is 3.34. The van der Waals surface area contributed by atoms with E-state index in [1.54, 1.807) is 22.7 Å². The van der Waals surface area contributed by atoms with E-state index >= 15 is 0 Å². The highest BCUT2D eigenvalue weighted by atomic mass is 32.1. The average molecular weight is 403 g/mol. The third-order valence-electron chi connectivity index (χ3n) is 4.75. The summed E-state index contributed by atoms with van der Waals surface area (Å²) in [6, 6.07) is 6.44. The number of carbonyl (C=O) groups excluding carboxylic acids is 1. The van der Waals surface area contributed by atoms with Crippen LogP contribution in [-0.4, -0.2) is 40.6 Å². The summed E-state index contributed by atoms with van der Waals surface area (Å²) in [6.45, 7) is 2.85. The Morgan fingerprint density at radius 2 is 2.15 bits per heavy atom. The monoisotopic (exact) mass is 402 g/mol. The number of aromatic nitrogens is 2. The molecular weight excluding hydrogens is 380 g/mol. The zero-order valence-electron chi connectivity index (χ0n) is 15.0. The molecule has 0 saturated carbocycles. The predicted molar refractivity (Wildman–Crippen MR) is 107 cm³/mol. The number of amides is 1. The van der Waals surface area contributed by atoms with Crippen LogP contribution >= 0.6 is 22.7 Å². The molecule has 3 aromatic heterocycles. The highest BCUT2D eigenvalue weighted by molar-refractivity contribution is 7.10. The van der Waals surface area contributed by atoms with Crippen LogP contribution in [-0.2, 0) is 11.2 Å². The van der Waals surface area contributed by atoms with Crippen molar-refractivity contribution in [1.82, 2.24) is 20.4 Å². The summed E-state index contributed by atoms with van der Waals surface area (Å²) in [5, 5.41) is 17.2. The molecule has 0 spiro atoms. The first-order chi connectivity index (χ1) is 13.3. The first kappa shape index (κ1) is 18.3. The lowest BCUT2D eigenvalue weighted by molar-refractivity contribution is -0.121. The van der Waals surface area contributed by atoms with E-state index in [9.17, 15) is 4.79 Å². The van der Waals surface area contributed by atoms with Gasteiger partial charge in [0.2, 0.25) is 17.7 Å². The van der Waals surface area contributed by atoms with Crippen molar-refractivity contribution in [3.05, 3.63) is 45.1 Å². The van der Waals surface area contributed by atoms with Crippen molar-refractivity contribution in [2.24, 2.45) is 0 Å². The lowest BCUT2D eigenvalue weighted by Gasteiger charge is -2.26. The molecule has 1 saturated heterocycles. The third kappa shape index (κ3) is 4.63. The highest BCUT2D eigenvalue weighted by Gasteiger charge is 2.24. The van der Waals surface area contributed by atoms with Crippen molar-refractivity contribution in [2.75, 3.05) is 19.6 Å². The molecule has 4 heterocycles. The number of hydrogen-bond acceptors (Lipinski definition) is 7. The number of thiophene rings is 2. The molecule has 3 aromatic rings. The zero-order chi connectivity index (χ0) is 18.5. The molecule has 0 aromatic carbocycles. The van der Waals surface area contributed by atoms with Crippen LogP contribution in [0.25, 0.3) is 11.5 Å². The molecule has 8 heteroatoms. The van der Waals surface area contributed by atoms with Crippen LogP contribution in [0.15, 0.2) is 38.8 Å². The molecule has 0 radical (unpaired) electrons. The maximum absolute atomic E-state index is 12.3. The van der Waals surface area contributed by atoms with E-state index in [0.717, 1.165) is 18.7 Å². The Bertz CT molecular complexity index is 839. The van der Waals surface area contributed by atoms with Crippen LogP contribution in [0.3, 0.4) is 0 Å². The normalized spacial score (nSPS) is 15.9. The number of carbonyl (C=O) groups is 1. The largest absolute Gasteiger partial charge is 0.421 e. The standard InChI is InChI=1S/C19H22N4O2S2/c24-17(5-6-18-21-22-19(25-18)14-7-11-26-13-14)20-12-15(16-4-3-10-27-16)23-8-1-2-9-23/h3-4,7,10-11,13,15H,1-2,5-6,8-9,12H2,(H,20,24). The quantitative estimate of drug-likeness (QED) is 0.621. The molecule has 27 heavy (non-hydrogen) atoms. The number of aryl methyl sites for hydroxylation is 1. The Balaban J connectivity index is 1.28. The molecule has 0 aliphatic carbocycles. The summed E-state index contributed by atoms with van der Waals surface area (Å²) in [5.74, 6) is 1.03. The van der Waals surface area contributed by atoms with Crippen molar-refractivity contribution in [2.45, 2.75) is 31.7 Å². The van der Waals surface area contributed by atoms with E-state index in [1.165, 1.54) is 17.7 Å². The van der Waals surface area contributed by atoms with E-state index < -0.39 is 0 Å². The number of likely N-dealkylation sites (tertiary alicyclic amines) is 1. The lowest BCUT2D eigenvalue weighted by Crippen LogP contribution is -2.36. The molecule has 142 valence electrons. The van der Waals surface area contributed by atoms with E-state index in [1.807, 2.05) is 16.8 Å². The maximum Gasteiger partial charge on any atom is 0.248 e. The van der Waals surface area contributed by atoms with Crippen LogP contribution in [0.4, 0.5) is 0 Å². The van der Waals surface area contributed by atoms with Gasteiger partial charge in [-0.3, -0.25) is 9.69 Å². The van der Waals surface area contributed by atoms with Crippen LogP contribution in [0.5, 0.6) is 0 Å². The summed E-state index contributed by atoms with van der Waals surface area (Å²) in [6.07, 6.45) is 3.28. The Morgan fingerprint density at radius 1 is 1.26 bits per heavy atom. The van der Waals surface area contributed by atoms with Crippen molar-refractivity contribution in [3.63, 3.8) is 0 Å². The van der Waals surface area contributed by atoms with Gasteiger partial charge in [0.25, 0.3) is 0 Å². The summed E-state index contributed by atoms with van der Waals surface area (Å²) in [4.78, 5) is 16.1. The Morgan fingerprint density at radius 3 is 2.89 bits per heavy atom. The van der Waals surface area contributed by atoms with Gasteiger partial charge in [-0.15, -0.1) is 21.5 Å². The van der Waals surface area contributed by atoms with Gasteiger partial charge in [-0.2, -0.15) is 11.3 Å². The second kappa shape index (κ2) is 8.77. The molecule has 6 nitrogen and oxygen atoms in total. The molecule has 1 atom stereocenters. The van der Waals surface area contributed by atoms with Crippen LogP contribution in [0.2, 0.25) is 0 Å². The van der Waals surface area contributed by atoms with Crippen LogP contribution in [0, 0.1) is 0 Å². The fourth-order valence-electron chi connectivity index (χ4n) is 3.32. The number of nitrogens with one attached hydrogen (secondary N) is 1. The van der Waals surface area contributed by atoms with Crippen LogP contribution < -0.4 is 5.32 Å². The molecule has 1 aliphatic rings. The van der Waals surface area contributed by atoms with E-state index in [-0.39, 0.29) is 11.9 Å². The van der Waals surface area contributed by atoms with Crippen molar-refractivity contribution >= 4 is 28.6 Å². The first-order valence-corrected chi connectivity index (χ1v) is 11.0. The first-order valence-electron chi connectivity index (χ1n) is 9.19. The molecule has 1 fully saturated rings. The van der Waals surface area contributed by atoms with Crippen molar-refractivity contribution in [1.29, 1.82) is 0 Å². The lowest BCUT2D eigenvalue weighted by atomic mass is 10.2. The summed E-state index contributed by atoms with van der Waals surface area (Å²) in [5.41, 5.74) is 0.924. The van der Waals surface area contributed by atoms with Gasteiger partial charge in [-0.1, -0.05) is 6.07 Å². The Kier molecular flexibility index (Phi) is 5.96. The van der Waals surface area contributed by atoms with Gasteiger partial charge in [0.05, 0.1) is 6.04 Å². The second-order valence-corrected chi connectivity index (χ2v) is 8.35. The minimum absolute atomic E-state index is 0.0195. The van der Waals surface area contributed by atoms with E-state index in [2.05, 4.69) is 37.9 Å². The fourth-order valence-corrected chi connectivity index (χ4v) is 4.81. The molecule has 1 N–H and O–H groups in total. The van der Waals surface area contributed by atoms with Crippen molar-refractivity contribution in [3.8, 4) is 11.5 Å². The van der Waals surface area contributed by atoms with Gasteiger partial charge in [0, 0.05) is 35.2 Å². The minimum Gasteiger partial charge on any atom is -0.421 e. The SMILES string of the molecule is O=C(CCc1nnc(-c2ccsc2)o1)NCC(c1cccs1)N1CCCC1.